The molecule has 1 aromatic heterocycles. The zero-order valence-corrected chi connectivity index (χ0v) is 15.3. The molecule has 28 heavy (non-hydrogen) atoms. The van der Waals surface area contributed by atoms with Crippen LogP contribution in [0.5, 0.6) is 5.75 Å². The number of nitrogens with zero attached hydrogens (tertiary/aromatic N) is 2. The van der Waals surface area contributed by atoms with Crippen LogP contribution in [0, 0.1) is 0 Å². The lowest BCUT2D eigenvalue weighted by molar-refractivity contribution is -0.121. The lowest BCUT2D eigenvalue weighted by Gasteiger charge is -2.26. The van der Waals surface area contributed by atoms with Gasteiger partial charge in [0.15, 0.2) is 6.61 Å². The van der Waals surface area contributed by atoms with Crippen molar-refractivity contribution in [2.45, 2.75) is 12.8 Å². The highest BCUT2D eigenvalue weighted by molar-refractivity contribution is 6.00. The Balaban J connectivity index is 1.40. The van der Waals surface area contributed by atoms with Crippen molar-refractivity contribution in [1.82, 2.24) is 4.57 Å². The average Bonchev–Trinajstić information content (AvgIpc) is 3.13. The zero-order chi connectivity index (χ0) is 19.7. The van der Waals surface area contributed by atoms with Crippen LogP contribution < -0.4 is 15.0 Å². The minimum Gasteiger partial charge on any atom is -0.482 e. The molecule has 0 saturated carbocycles. The first kappa shape index (κ1) is 17.8. The Morgan fingerprint density at radius 3 is 2.79 bits per heavy atom. The second-order valence-electron chi connectivity index (χ2n) is 6.61. The van der Waals surface area contributed by atoms with E-state index in [9.17, 15) is 14.4 Å². The molecule has 0 unspecified atom stereocenters. The Kier molecular flexibility index (Phi) is 4.57. The van der Waals surface area contributed by atoms with Crippen LogP contribution in [0.2, 0.25) is 0 Å². The molecule has 2 amide bonds. The van der Waals surface area contributed by atoms with Crippen LogP contribution in [0.1, 0.15) is 17.6 Å². The van der Waals surface area contributed by atoms with Crippen LogP contribution in [-0.4, -0.2) is 35.9 Å². The summed E-state index contributed by atoms with van der Waals surface area (Å²) in [6, 6.07) is 14.6. The number of carbonyl (C=O) groups is 3. The summed E-state index contributed by atoms with van der Waals surface area (Å²) >= 11 is 0. The van der Waals surface area contributed by atoms with Gasteiger partial charge >= 0.3 is 0 Å². The molecule has 7 heteroatoms. The maximum Gasteiger partial charge on any atom is 0.264 e. The van der Waals surface area contributed by atoms with Gasteiger partial charge in [0.05, 0.1) is 11.2 Å². The topological polar surface area (TPSA) is 80.6 Å². The number of aromatic nitrogens is 1. The lowest BCUT2D eigenvalue weighted by Crippen LogP contribution is -2.35. The summed E-state index contributed by atoms with van der Waals surface area (Å²) in [7, 11) is 1.66. The van der Waals surface area contributed by atoms with E-state index in [1.165, 1.54) is 4.90 Å². The number of hydrogen-bond donors (Lipinski definition) is 1. The van der Waals surface area contributed by atoms with E-state index < -0.39 is 0 Å². The number of fused-ring (bicyclic) bond motifs is 2. The molecule has 3 aromatic rings. The van der Waals surface area contributed by atoms with Crippen molar-refractivity contribution in [3.8, 4) is 5.75 Å². The van der Waals surface area contributed by atoms with E-state index in [-0.39, 0.29) is 37.2 Å². The van der Waals surface area contributed by atoms with Crippen LogP contribution >= 0.6 is 0 Å². The van der Waals surface area contributed by atoms with E-state index in [0.29, 0.717) is 17.1 Å². The largest absolute Gasteiger partial charge is 0.482 e. The van der Waals surface area contributed by atoms with E-state index in [2.05, 4.69) is 5.32 Å². The first-order chi connectivity index (χ1) is 13.5. The third-order valence-corrected chi connectivity index (χ3v) is 4.76. The number of anilines is 2. The quantitative estimate of drug-likeness (QED) is 0.758. The predicted octanol–water partition coefficient (Wildman–Crippen LogP) is 3.06. The molecular formula is C21H19N3O4. The van der Waals surface area contributed by atoms with Gasteiger partial charge in [-0.1, -0.05) is 18.2 Å². The minimum absolute atomic E-state index is 0.00535. The number of ether oxygens (including phenoxy) is 1. The molecule has 0 aliphatic carbocycles. The highest BCUT2D eigenvalue weighted by Gasteiger charge is 2.22. The number of benzene rings is 2. The van der Waals surface area contributed by atoms with Gasteiger partial charge in [0.25, 0.3) is 5.91 Å². The minimum atomic E-state index is -0.268. The maximum absolute atomic E-state index is 12.5. The predicted molar refractivity (Wildman–Crippen MR) is 106 cm³/mol. The summed E-state index contributed by atoms with van der Waals surface area (Å²) in [6.45, 7) is 0.00535. The summed E-state index contributed by atoms with van der Waals surface area (Å²) in [5, 5.41) is 3.75. The maximum atomic E-state index is 12.5. The van der Waals surface area contributed by atoms with Crippen molar-refractivity contribution in [2.24, 2.45) is 0 Å². The highest BCUT2D eigenvalue weighted by Crippen LogP contribution is 2.33. The number of nitrogens with one attached hydrogen (secondary N) is 1. The van der Waals surface area contributed by atoms with Crippen molar-refractivity contribution in [2.75, 3.05) is 23.9 Å². The molecule has 7 nitrogen and oxygen atoms in total. The van der Waals surface area contributed by atoms with Crippen LogP contribution in [0.3, 0.4) is 0 Å². The van der Waals surface area contributed by atoms with Crippen LogP contribution in [-0.2, 0) is 9.59 Å². The lowest BCUT2D eigenvalue weighted by atomic mass is 10.2. The van der Waals surface area contributed by atoms with E-state index in [4.69, 9.17) is 4.74 Å². The first-order valence-corrected chi connectivity index (χ1v) is 8.95. The number of carbonyl (C=O) groups excluding carboxylic acids is 3. The van der Waals surface area contributed by atoms with Crippen molar-refractivity contribution >= 4 is 40.0 Å². The highest BCUT2D eigenvalue weighted by atomic mass is 16.5. The molecule has 0 atom stereocenters. The molecule has 0 spiro atoms. The van der Waals surface area contributed by atoms with Crippen LogP contribution in [0.4, 0.5) is 11.4 Å². The summed E-state index contributed by atoms with van der Waals surface area (Å²) in [4.78, 5) is 38.0. The first-order valence-electron chi connectivity index (χ1n) is 8.95. The van der Waals surface area contributed by atoms with Crippen molar-refractivity contribution < 1.29 is 19.1 Å². The van der Waals surface area contributed by atoms with E-state index in [1.807, 2.05) is 30.3 Å². The van der Waals surface area contributed by atoms with E-state index >= 15 is 0 Å². The Morgan fingerprint density at radius 2 is 1.93 bits per heavy atom. The van der Waals surface area contributed by atoms with E-state index in [1.54, 1.807) is 36.0 Å². The van der Waals surface area contributed by atoms with Gasteiger partial charge in [0.2, 0.25) is 11.8 Å². The Morgan fingerprint density at radius 1 is 1.11 bits per heavy atom. The molecule has 0 fully saturated rings. The molecule has 1 N–H and O–H groups in total. The number of amides is 2. The van der Waals surface area contributed by atoms with Crippen molar-refractivity contribution in [3.05, 3.63) is 54.7 Å². The molecular weight excluding hydrogens is 358 g/mol. The summed E-state index contributed by atoms with van der Waals surface area (Å²) < 4.78 is 6.94. The average molecular weight is 377 g/mol. The van der Waals surface area contributed by atoms with Gasteiger partial charge in [-0.2, -0.15) is 0 Å². The Bertz CT molecular complexity index is 1090. The van der Waals surface area contributed by atoms with Gasteiger partial charge in [0.1, 0.15) is 5.75 Å². The van der Waals surface area contributed by atoms with Gasteiger partial charge < -0.3 is 15.0 Å². The molecule has 2 heterocycles. The molecule has 0 radical (unpaired) electrons. The van der Waals surface area contributed by atoms with Gasteiger partial charge in [0, 0.05) is 37.2 Å². The van der Waals surface area contributed by atoms with Gasteiger partial charge in [-0.25, -0.2) is 0 Å². The summed E-state index contributed by atoms with van der Waals surface area (Å²) in [6.07, 6.45) is 1.88. The van der Waals surface area contributed by atoms with Crippen LogP contribution in [0.15, 0.2) is 54.7 Å². The molecule has 1 aliphatic heterocycles. The third-order valence-electron chi connectivity index (χ3n) is 4.76. The van der Waals surface area contributed by atoms with Gasteiger partial charge in [-0.15, -0.1) is 0 Å². The zero-order valence-electron chi connectivity index (χ0n) is 15.3. The Labute approximate surface area is 161 Å². The van der Waals surface area contributed by atoms with Gasteiger partial charge in [-0.3, -0.25) is 19.0 Å². The summed E-state index contributed by atoms with van der Waals surface area (Å²) in [5.41, 5.74) is 1.98. The molecule has 0 saturated heterocycles. The molecule has 1 aliphatic rings. The van der Waals surface area contributed by atoms with Crippen molar-refractivity contribution in [3.63, 3.8) is 0 Å². The second kappa shape index (κ2) is 7.19. The normalized spacial score (nSPS) is 13.2. The fraction of sp³-hybridized carbons (Fsp3) is 0.190. The number of likely N-dealkylation sites (N-methyl/N-ethyl adjacent to an activating group) is 1. The molecule has 4 rings (SSSR count). The van der Waals surface area contributed by atoms with Crippen LogP contribution in [0.25, 0.3) is 10.9 Å². The van der Waals surface area contributed by atoms with Crippen molar-refractivity contribution in [1.29, 1.82) is 0 Å². The van der Waals surface area contributed by atoms with Gasteiger partial charge in [-0.05, 0) is 30.3 Å². The fourth-order valence-corrected chi connectivity index (χ4v) is 3.21. The second-order valence-corrected chi connectivity index (χ2v) is 6.61. The fourth-order valence-electron chi connectivity index (χ4n) is 3.21. The third kappa shape index (κ3) is 3.34. The number of para-hydroxylation sites is 1. The number of hydrogen-bond acceptors (Lipinski definition) is 4. The molecule has 2 aromatic carbocycles. The SMILES string of the molecule is CN1C(=O)COc2ccc(NC(=O)CCC(=O)n3ccc4ccccc43)cc21. The molecule has 142 valence electrons. The van der Waals surface area contributed by atoms with E-state index in [0.717, 1.165) is 10.9 Å². The monoisotopic (exact) mass is 377 g/mol. The Hall–Kier alpha value is -3.61. The standard InChI is InChI=1S/C21H19N3O4/c1-23-17-12-15(6-7-18(17)28-13-21(23)27)22-19(25)8-9-20(26)24-11-10-14-4-2-3-5-16(14)24/h2-7,10-12H,8-9,13H2,1H3,(H,22,25). The smallest absolute Gasteiger partial charge is 0.264 e. The molecule has 0 bridgehead atoms. The number of rotatable bonds is 4. The summed E-state index contributed by atoms with van der Waals surface area (Å²) in [5.74, 6) is 0.0336.